The fourth-order valence-corrected chi connectivity index (χ4v) is 1.05. The third kappa shape index (κ3) is 3.23. The molecule has 0 aliphatic rings. The summed E-state index contributed by atoms with van der Waals surface area (Å²) in [5.41, 5.74) is -1.02. The molecule has 0 aliphatic carbocycles. The van der Waals surface area contributed by atoms with Crippen molar-refractivity contribution in [2.45, 2.75) is 0 Å². The summed E-state index contributed by atoms with van der Waals surface area (Å²) in [7, 11) is 0. The Hall–Kier alpha value is -2.51. The Morgan fingerprint density at radius 3 is 2.65 bits per heavy atom. The van der Waals surface area contributed by atoms with Crippen molar-refractivity contribution in [2.24, 2.45) is 0 Å². The molecule has 0 spiro atoms. The first kappa shape index (κ1) is 12.6. The Bertz CT molecular complexity index is 488. The molecule has 0 unspecified atom stereocenters. The molecule has 7 nitrogen and oxygen atoms in total. The molecular formula is C9H7FN2O5. The summed E-state index contributed by atoms with van der Waals surface area (Å²) in [5.74, 6) is -3.28. The molecule has 0 aromatic heterocycles. The number of benzene rings is 1. The van der Waals surface area contributed by atoms with Gasteiger partial charge in [0.2, 0.25) is 0 Å². The van der Waals surface area contributed by atoms with E-state index in [4.69, 9.17) is 5.11 Å². The number of hydrogen-bond acceptors (Lipinski definition) is 4. The van der Waals surface area contributed by atoms with Crippen molar-refractivity contribution in [3.8, 4) is 0 Å². The van der Waals surface area contributed by atoms with Crippen molar-refractivity contribution in [1.82, 2.24) is 5.32 Å². The van der Waals surface area contributed by atoms with E-state index in [1.807, 2.05) is 5.32 Å². The van der Waals surface area contributed by atoms with E-state index < -0.39 is 40.4 Å². The van der Waals surface area contributed by atoms with Crippen LogP contribution in [0.15, 0.2) is 18.2 Å². The summed E-state index contributed by atoms with van der Waals surface area (Å²) >= 11 is 0. The highest BCUT2D eigenvalue weighted by Gasteiger charge is 2.17. The zero-order chi connectivity index (χ0) is 13.0. The molecule has 1 aromatic rings. The minimum atomic E-state index is -1.30. The minimum Gasteiger partial charge on any atom is -0.480 e. The van der Waals surface area contributed by atoms with Crippen molar-refractivity contribution >= 4 is 17.6 Å². The highest BCUT2D eigenvalue weighted by Crippen LogP contribution is 2.16. The number of carbonyl (C=O) groups is 2. The predicted molar refractivity (Wildman–Crippen MR) is 53.0 cm³/mol. The van der Waals surface area contributed by atoms with Gasteiger partial charge in [-0.15, -0.1) is 0 Å². The lowest BCUT2D eigenvalue weighted by molar-refractivity contribution is -0.384. The van der Waals surface area contributed by atoms with Crippen molar-refractivity contribution in [2.75, 3.05) is 6.54 Å². The van der Waals surface area contributed by atoms with E-state index >= 15 is 0 Å². The number of rotatable bonds is 4. The number of nitro groups is 1. The standard InChI is InChI=1S/C9H7FN2O5/c10-7-2-1-5(12(16)17)3-6(7)9(15)11-4-8(13)14/h1-3H,4H2,(H,11,15)(H,13,14). The number of aliphatic carboxylic acids is 1. The monoisotopic (exact) mass is 242 g/mol. The number of hydrogen-bond donors (Lipinski definition) is 2. The van der Waals surface area contributed by atoms with Gasteiger partial charge in [0.15, 0.2) is 0 Å². The van der Waals surface area contributed by atoms with E-state index in [1.54, 1.807) is 0 Å². The van der Waals surface area contributed by atoms with Crippen LogP contribution in [0.4, 0.5) is 10.1 Å². The Morgan fingerprint density at radius 1 is 1.47 bits per heavy atom. The number of carbonyl (C=O) groups excluding carboxylic acids is 1. The van der Waals surface area contributed by atoms with Gasteiger partial charge in [0.25, 0.3) is 11.6 Å². The van der Waals surface area contributed by atoms with Gasteiger partial charge in [-0.05, 0) is 6.07 Å². The topological polar surface area (TPSA) is 110 Å². The van der Waals surface area contributed by atoms with Crippen LogP contribution in [0, 0.1) is 15.9 Å². The number of nitrogens with zero attached hydrogens (tertiary/aromatic N) is 1. The molecule has 1 amide bonds. The molecule has 1 aromatic carbocycles. The summed E-state index contributed by atoms with van der Waals surface area (Å²) in [6.45, 7) is -0.693. The van der Waals surface area contributed by atoms with Gasteiger partial charge in [-0.2, -0.15) is 0 Å². The van der Waals surface area contributed by atoms with E-state index in [2.05, 4.69) is 0 Å². The van der Waals surface area contributed by atoms with E-state index in [-0.39, 0.29) is 0 Å². The number of halogens is 1. The number of non-ortho nitro benzene ring substituents is 1. The largest absolute Gasteiger partial charge is 0.480 e. The molecular weight excluding hydrogens is 235 g/mol. The molecule has 0 radical (unpaired) electrons. The molecule has 0 saturated carbocycles. The Kier molecular flexibility index (Phi) is 3.70. The third-order valence-corrected chi connectivity index (χ3v) is 1.81. The second kappa shape index (κ2) is 5.01. The SMILES string of the molecule is O=C(O)CNC(=O)c1cc([N+](=O)[O-])ccc1F. The molecule has 90 valence electrons. The van der Waals surface area contributed by atoms with Gasteiger partial charge in [-0.3, -0.25) is 19.7 Å². The van der Waals surface area contributed by atoms with E-state index in [0.29, 0.717) is 0 Å². The number of nitrogens with one attached hydrogen (secondary N) is 1. The Morgan fingerprint density at radius 2 is 2.12 bits per heavy atom. The fraction of sp³-hybridized carbons (Fsp3) is 0.111. The van der Waals surface area contributed by atoms with Crippen LogP contribution in [-0.4, -0.2) is 28.5 Å². The van der Waals surface area contributed by atoms with Crippen LogP contribution in [0.3, 0.4) is 0 Å². The van der Waals surface area contributed by atoms with Crippen LogP contribution >= 0.6 is 0 Å². The van der Waals surface area contributed by atoms with Crippen LogP contribution in [0.2, 0.25) is 0 Å². The lowest BCUT2D eigenvalue weighted by Gasteiger charge is -2.03. The van der Waals surface area contributed by atoms with E-state index in [9.17, 15) is 24.1 Å². The maximum absolute atomic E-state index is 13.2. The number of amides is 1. The van der Waals surface area contributed by atoms with Crippen LogP contribution < -0.4 is 5.32 Å². The minimum absolute atomic E-state index is 0.452. The van der Waals surface area contributed by atoms with E-state index in [0.717, 1.165) is 18.2 Å². The van der Waals surface area contributed by atoms with Gasteiger partial charge in [-0.25, -0.2) is 4.39 Å². The van der Waals surface area contributed by atoms with Crippen molar-refractivity contribution < 1.29 is 24.0 Å². The smallest absolute Gasteiger partial charge is 0.322 e. The average molecular weight is 242 g/mol. The first-order valence-electron chi connectivity index (χ1n) is 4.35. The lowest BCUT2D eigenvalue weighted by Crippen LogP contribution is -2.29. The summed E-state index contributed by atoms with van der Waals surface area (Å²) in [6.07, 6.45) is 0. The molecule has 0 bridgehead atoms. The highest BCUT2D eigenvalue weighted by atomic mass is 19.1. The zero-order valence-corrected chi connectivity index (χ0v) is 8.34. The first-order valence-corrected chi connectivity index (χ1v) is 4.35. The van der Waals surface area contributed by atoms with Crippen molar-refractivity contribution in [3.05, 3.63) is 39.7 Å². The first-order chi connectivity index (χ1) is 7.91. The van der Waals surface area contributed by atoms with Gasteiger partial charge in [0.1, 0.15) is 12.4 Å². The summed E-state index contributed by atoms with van der Waals surface area (Å²) < 4.78 is 13.2. The van der Waals surface area contributed by atoms with Crippen molar-refractivity contribution in [1.29, 1.82) is 0 Å². The van der Waals surface area contributed by atoms with Gasteiger partial charge in [0, 0.05) is 12.1 Å². The number of carboxylic acids is 1. The maximum Gasteiger partial charge on any atom is 0.322 e. The quantitative estimate of drug-likeness (QED) is 0.591. The predicted octanol–water partition coefficient (Wildman–Crippen LogP) is 0.548. The Balaban J connectivity index is 2.95. The second-order valence-corrected chi connectivity index (χ2v) is 3.00. The number of carboxylic acid groups (broad SMARTS) is 1. The van der Waals surface area contributed by atoms with Crippen LogP contribution in [-0.2, 0) is 4.79 Å². The van der Waals surface area contributed by atoms with Gasteiger partial charge >= 0.3 is 5.97 Å². The fourth-order valence-electron chi connectivity index (χ4n) is 1.05. The molecule has 0 atom stereocenters. The Labute approximate surface area is 94.0 Å². The maximum atomic E-state index is 13.2. The van der Waals surface area contributed by atoms with Crippen LogP contribution in [0.1, 0.15) is 10.4 Å². The second-order valence-electron chi connectivity index (χ2n) is 3.00. The summed E-state index contributed by atoms with van der Waals surface area (Å²) in [4.78, 5) is 31.1. The molecule has 0 saturated heterocycles. The highest BCUT2D eigenvalue weighted by molar-refractivity contribution is 5.96. The summed E-state index contributed by atoms with van der Waals surface area (Å²) in [6, 6.07) is 2.42. The molecule has 17 heavy (non-hydrogen) atoms. The zero-order valence-electron chi connectivity index (χ0n) is 8.34. The molecule has 0 aliphatic heterocycles. The van der Waals surface area contributed by atoms with Crippen LogP contribution in [0.5, 0.6) is 0 Å². The average Bonchev–Trinajstić information content (AvgIpc) is 2.26. The summed E-state index contributed by atoms with van der Waals surface area (Å²) in [5, 5.41) is 20.6. The molecule has 2 N–H and O–H groups in total. The van der Waals surface area contributed by atoms with Crippen LogP contribution in [0.25, 0.3) is 0 Å². The lowest BCUT2D eigenvalue weighted by atomic mass is 10.1. The molecule has 8 heteroatoms. The normalized spacial score (nSPS) is 9.71. The molecule has 0 fully saturated rings. The molecule has 0 heterocycles. The molecule has 1 rings (SSSR count). The van der Waals surface area contributed by atoms with Gasteiger partial charge < -0.3 is 10.4 Å². The van der Waals surface area contributed by atoms with E-state index in [1.165, 1.54) is 0 Å². The van der Waals surface area contributed by atoms with Crippen molar-refractivity contribution in [3.63, 3.8) is 0 Å². The van der Waals surface area contributed by atoms with Gasteiger partial charge in [-0.1, -0.05) is 0 Å². The third-order valence-electron chi connectivity index (χ3n) is 1.81. The number of nitro benzene ring substituents is 1. The van der Waals surface area contributed by atoms with Gasteiger partial charge in [0.05, 0.1) is 10.5 Å².